The van der Waals surface area contributed by atoms with Crippen LogP contribution in [0.1, 0.15) is 11.1 Å². The van der Waals surface area contributed by atoms with E-state index in [0.29, 0.717) is 11.5 Å². The van der Waals surface area contributed by atoms with Gasteiger partial charge in [-0.1, -0.05) is 30.3 Å². The van der Waals surface area contributed by atoms with Crippen LogP contribution in [0.15, 0.2) is 54.3 Å². The molecule has 0 saturated carbocycles. The molecule has 3 aromatic heterocycles. The Kier molecular flexibility index (Phi) is 4.35. The van der Waals surface area contributed by atoms with Gasteiger partial charge in [0.15, 0.2) is 5.82 Å². The van der Waals surface area contributed by atoms with Crippen LogP contribution in [0, 0.1) is 6.92 Å². The standard InChI is InChI=1S/C19H17N5S/c1-13-12-25-19-16(13)18(22-8-7-14-5-3-2-4-6-14)23-17(24-19)15-11-20-9-10-21-15/h2-6,9-12H,7-8H2,1H3,(H,22,23,24). The van der Waals surface area contributed by atoms with E-state index in [4.69, 9.17) is 4.98 Å². The van der Waals surface area contributed by atoms with Gasteiger partial charge in [0.05, 0.1) is 11.6 Å². The van der Waals surface area contributed by atoms with Gasteiger partial charge in [-0.2, -0.15) is 0 Å². The Morgan fingerprint density at radius 2 is 1.96 bits per heavy atom. The van der Waals surface area contributed by atoms with Crippen molar-refractivity contribution in [2.75, 3.05) is 11.9 Å². The number of rotatable bonds is 5. The van der Waals surface area contributed by atoms with Gasteiger partial charge in [0.2, 0.25) is 0 Å². The highest BCUT2D eigenvalue weighted by Gasteiger charge is 2.13. The molecule has 4 aromatic rings. The molecule has 0 aliphatic rings. The third-order valence-electron chi connectivity index (χ3n) is 3.96. The van der Waals surface area contributed by atoms with E-state index < -0.39 is 0 Å². The number of nitrogens with zero attached hydrogens (tertiary/aromatic N) is 4. The van der Waals surface area contributed by atoms with Crippen LogP contribution in [0.5, 0.6) is 0 Å². The van der Waals surface area contributed by atoms with Crippen molar-refractivity contribution < 1.29 is 0 Å². The molecule has 25 heavy (non-hydrogen) atoms. The van der Waals surface area contributed by atoms with Crippen LogP contribution in [0.4, 0.5) is 5.82 Å². The lowest BCUT2D eigenvalue weighted by atomic mass is 10.1. The molecule has 0 bridgehead atoms. The molecule has 4 rings (SSSR count). The fraction of sp³-hybridized carbons (Fsp3) is 0.158. The molecule has 0 aliphatic carbocycles. The predicted octanol–water partition coefficient (Wildman–Crippen LogP) is 4.11. The zero-order valence-corrected chi connectivity index (χ0v) is 14.6. The van der Waals surface area contributed by atoms with Gasteiger partial charge in [0.25, 0.3) is 0 Å². The molecular weight excluding hydrogens is 330 g/mol. The number of aryl methyl sites for hydroxylation is 1. The topological polar surface area (TPSA) is 63.6 Å². The SMILES string of the molecule is Cc1csc2nc(-c3cnccn3)nc(NCCc3ccccc3)c12. The predicted molar refractivity (Wildman–Crippen MR) is 102 cm³/mol. The number of anilines is 1. The van der Waals surface area contributed by atoms with Crippen molar-refractivity contribution in [3.63, 3.8) is 0 Å². The molecule has 1 aromatic carbocycles. The van der Waals surface area contributed by atoms with Crippen molar-refractivity contribution in [1.29, 1.82) is 0 Å². The molecule has 124 valence electrons. The molecule has 0 spiro atoms. The monoisotopic (exact) mass is 347 g/mol. The van der Waals surface area contributed by atoms with Crippen molar-refractivity contribution in [2.24, 2.45) is 0 Å². The number of benzene rings is 1. The molecular formula is C19H17N5S. The highest BCUT2D eigenvalue weighted by Crippen LogP contribution is 2.31. The van der Waals surface area contributed by atoms with E-state index in [2.05, 4.69) is 56.8 Å². The van der Waals surface area contributed by atoms with Crippen molar-refractivity contribution in [3.8, 4) is 11.5 Å². The molecule has 1 N–H and O–H groups in total. The summed E-state index contributed by atoms with van der Waals surface area (Å²) in [6, 6.07) is 10.4. The summed E-state index contributed by atoms with van der Waals surface area (Å²) in [5, 5.41) is 6.68. The van der Waals surface area contributed by atoms with Gasteiger partial charge in [-0.15, -0.1) is 11.3 Å². The van der Waals surface area contributed by atoms with E-state index in [9.17, 15) is 0 Å². The Bertz CT molecular complexity index is 983. The van der Waals surface area contributed by atoms with Crippen LogP contribution < -0.4 is 5.32 Å². The second-order valence-electron chi connectivity index (χ2n) is 5.75. The molecule has 0 saturated heterocycles. The average Bonchev–Trinajstić information content (AvgIpc) is 3.04. The number of hydrogen-bond donors (Lipinski definition) is 1. The van der Waals surface area contributed by atoms with E-state index >= 15 is 0 Å². The first kappa shape index (κ1) is 15.7. The van der Waals surface area contributed by atoms with Crippen LogP contribution in [-0.2, 0) is 6.42 Å². The van der Waals surface area contributed by atoms with Crippen molar-refractivity contribution >= 4 is 27.4 Å². The number of hydrogen-bond acceptors (Lipinski definition) is 6. The first-order chi connectivity index (χ1) is 12.3. The van der Waals surface area contributed by atoms with Gasteiger partial charge < -0.3 is 5.32 Å². The second kappa shape index (κ2) is 6.94. The summed E-state index contributed by atoms with van der Waals surface area (Å²) in [6.07, 6.45) is 5.94. The van der Waals surface area contributed by atoms with Gasteiger partial charge in [0, 0.05) is 18.9 Å². The summed E-state index contributed by atoms with van der Waals surface area (Å²) in [5.74, 6) is 1.46. The Morgan fingerprint density at radius 3 is 2.76 bits per heavy atom. The van der Waals surface area contributed by atoms with E-state index in [1.165, 1.54) is 11.1 Å². The fourth-order valence-corrected chi connectivity index (χ4v) is 3.63. The largest absolute Gasteiger partial charge is 0.369 e. The molecule has 0 fully saturated rings. The number of aromatic nitrogens is 4. The smallest absolute Gasteiger partial charge is 0.183 e. The molecule has 0 atom stereocenters. The van der Waals surface area contributed by atoms with Crippen molar-refractivity contribution in [1.82, 2.24) is 19.9 Å². The van der Waals surface area contributed by atoms with Crippen LogP contribution >= 0.6 is 11.3 Å². The summed E-state index contributed by atoms with van der Waals surface area (Å²) in [6.45, 7) is 2.90. The number of nitrogens with one attached hydrogen (secondary N) is 1. The lowest BCUT2D eigenvalue weighted by molar-refractivity contribution is 1.01. The zero-order chi connectivity index (χ0) is 17.1. The van der Waals surface area contributed by atoms with Gasteiger partial charge >= 0.3 is 0 Å². The normalized spacial score (nSPS) is 10.9. The lowest BCUT2D eigenvalue weighted by Crippen LogP contribution is -2.08. The molecule has 0 unspecified atom stereocenters. The molecule has 0 aliphatic heterocycles. The van der Waals surface area contributed by atoms with Crippen LogP contribution in [0.3, 0.4) is 0 Å². The number of fused-ring (bicyclic) bond motifs is 1. The summed E-state index contributed by atoms with van der Waals surface area (Å²) < 4.78 is 0. The molecule has 5 nitrogen and oxygen atoms in total. The summed E-state index contributed by atoms with van der Waals surface area (Å²) in [5.41, 5.74) is 3.17. The second-order valence-corrected chi connectivity index (χ2v) is 6.61. The van der Waals surface area contributed by atoms with Crippen LogP contribution in [0.2, 0.25) is 0 Å². The van der Waals surface area contributed by atoms with Crippen LogP contribution in [0.25, 0.3) is 21.7 Å². The molecule has 6 heteroatoms. The zero-order valence-electron chi connectivity index (χ0n) is 13.8. The van der Waals surface area contributed by atoms with Crippen molar-refractivity contribution in [3.05, 3.63) is 65.4 Å². The Morgan fingerprint density at radius 1 is 1.08 bits per heavy atom. The number of thiophene rings is 1. The maximum absolute atomic E-state index is 4.72. The van der Waals surface area contributed by atoms with Crippen molar-refractivity contribution in [2.45, 2.75) is 13.3 Å². The van der Waals surface area contributed by atoms with Gasteiger partial charge in [0.1, 0.15) is 16.3 Å². The minimum Gasteiger partial charge on any atom is -0.369 e. The molecule has 0 amide bonds. The van der Waals surface area contributed by atoms with Gasteiger partial charge in [-0.3, -0.25) is 4.98 Å². The Hall–Kier alpha value is -2.86. The minimum absolute atomic E-state index is 0.602. The molecule has 3 heterocycles. The average molecular weight is 347 g/mol. The first-order valence-corrected chi connectivity index (χ1v) is 8.99. The van der Waals surface area contributed by atoms with E-state index in [1.807, 2.05) is 6.07 Å². The highest BCUT2D eigenvalue weighted by atomic mass is 32.1. The minimum atomic E-state index is 0.602. The summed E-state index contributed by atoms with van der Waals surface area (Å²) >= 11 is 1.63. The first-order valence-electron chi connectivity index (χ1n) is 8.11. The summed E-state index contributed by atoms with van der Waals surface area (Å²) in [7, 11) is 0. The quantitative estimate of drug-likeness (QED) is 0.588. The Labute approximate surface area is 149 Å². The highest BCUT2D eigenvalue weighted by molar-refractivity contribution is 7.17. The third kappa shape index (κ3) is 3.34. The van der Waals surface area contributed by atoms with E-state index in [1.54, 1.807) is 29.9 Å². The summed E-state index contributed by atoms with van der Waals surface area (Å²) in [4.78, 5) is 18.8. The van der Waals surface area contributed by atoms with E-state index in [-0.39, 0.29) is 0 Å². The Balaban J connectivity index is 1.65. The van der Waals surface area contributed by atoms with Gasteiger partial charge in [-0.25, -0.2) is 15.0 Å². The maximum Gasteiger partial charge on any atom is 0.183 e. The van der Waals surface area contributed by atoms with Crippen LogP contribution in [-0.4, -0.2) is 26.5 Å². The third-order valence-corrected chi connectivity index (χ3v) is 4.95. The molecule has 0 radical (unpaired) electrons. The van der Waals surface area contributed by atoms with E-state index in [0.717, 1.165) is 29.0 Å². The maximum atomic E-state index is 4.72. The fourth-order valence-electron chi connectivity index (χ4n) is 2.71. The van der Waals surface area contributed by atoms with Gasteiger partial charge in [-0.05, 0) is 29.9 Å². The lowest BCUT2D eigenvalue weighted by Gasteiger charge is -2.09.